The molecule has 1 amide bonds. The number of rotatable bonds is 6. The molecule has 2 aromatic carbocycles. The quantitative estimate of drug-likeness (QED) is 0.694. The fourth-order valence-electron chi connectivity index (χ4n) is 2.12. The molecule has 0 aliphatic heterocycles. The third-order valence-electron chi connectivity index (χ3n) is 3.57. The normalized spacial score (nSPS) is 13.9. The fraction of sp³-hybridized carbons (Fsp3) is 0.235. The molecule has 0 bridgehead atoms. The Hall–Kier alpha value is -2.00. The van der Waals surface area contributed by atoms with E-state index in [-0.39, 0.29) is 15.6 Å². The molecule has 26 heavy (non-hydrogen) atoms. The van der Waals surface area contributed by atoms with Gasteiger partial charge in [0, 0.05) is 5.69 Å². The maximum atomic E-state index is 13.2. The van der Waals surface area contributed by atoms with Crippen LogP contribution in [0, 0.1) is 12.7 Å². The van der Waals surface area contributed by atoms with Gasteiger partial charge in [-0.1, -0.05) is 29.3 Å². The van der Waals surface area contributed by atoms with E-state index >= 15 is 0 Å². The first-order chi connectivity index (χ1) is 12.1. The highest BCUT2D eigenvalue weighted by Gasteiger charge is 2.29. The monoisotopic (exact) mass is 400 g/mol. The van der Waals surface area contributed by atoms with Crippen LogP contribution in [0.2, 0.25) is 5.02 Å². The molecule has 3 N–H and O–H groups in total. The summed E-state index contributed by atoms with van der Waals surface area (Å²) in [5.74, 6) is -1.46. The Bertz CT molecular complexity index is 901. The number of carbonyl (C=O) groups is 1. The van der Waals surface area contributed by atoms with Crippen LogP contribution < -0.4 is 10.0 Å². The lowest BCUT2D eigenvalue weighted by atomic mass is 10.2. The van der Waals surface area contributed by atoms with Gasteiger partial charge in [-0.2, -0.15) is 4.72 Å². The topological polar surface area (TPSA) is 95.5 Å². The van der Waals surface area contributed by atoms with E-state index in [1.165, 1.54) is 31.2 Å². The number of aryl methyl sites for hydroxylation is 1. The molecule has 0 aliphatic carbocycles. The Morgan fingerprint density at radius 2 is 1.81 bits per heavy atom. The van der Waals surface area contributed by atoms with E-state index in [9.17, 15) is 22.7 Å². The zero-order valence-electron chi connectivity index (χ0n) is 14.0. The van der Waals surface area contributed by atoms with Crippen molar-refractivity contribution in [3.8, 4) is 0 Å². The summed E-state index contributed by atoms with van der Waals surface area (Å²) >= 11 is 5.65. The Morgan fingerprint density at radius 3 is 2.35 bits per heavy atom. The van der Waals surface area contributed by atoms with E-state index < -0.39 is 33.9 Å². The van der Waals surface area contributed by atoms with E-state index in [4.69, 9.17) is 11.6 Å². The lowest BCUT2D eigenvalue weighted by molar-refractivity contribution is -0.119. The third kappa shape index (κ3) is 5.01. The van der Waals surface area contributed by atoms with Gasteiger partial charge in [0.15, 0.2) is 0 Å². The molecule has 2 aromatic rings. The van der Waals surface area contributed by atoms with Crippen LogP contribution in [-0.2, 0) is 14.8 Å². The molecule has 0 fully saturated rings. The minimum Gasteiger partial charge on any atom is -0.391 e. The Labute approximate surface area is 156 Å². The minimum absolute atomic E-state index is 0.0358. The number of hydrogen-bond donors (Lipinski definition) is 3. The van der Waals surface area contributed by atoms with Crippen molar-refractivity contribution in [1.82, 2.24) is 4.72 Å². The molecule has 2 unspecified atom stereocenters. The van der Waals surface area contributed by atoms with Crippen molar-refractivity contribution in [2.75, 3.05) is 5.32 Å². The van der Waals surface area contributed by atoms with E-state index in [1.54, 1.807) is 12.1 Å². The van der Waals surface area contributed by atoms with Crippen LogP contribution in [0.5, 0.6) is 0 Å². The van der Waals surface area contributed by atoms with E-state index in [1.807, 2.05) is 6.92 Å². The lowest BCUT2D eigenvalue weighted by Gasteiger charge is -2.21. The molecule has 2 atom stereocenters. The summed E-state index contributed by atoms with van der Waals surface area (Å²) < 4.78 is 40.2. The van der Waals surface area contributed by atoms with Crippen molar-refractivity contribution in [3.05, 3.63) is 58.9 Å². The Balaban J connectivity index is 2.20. The molecule has 0 saturated heterocycles. The molecular formula is C17H18ClFN2O4S. The van der Waals surface area contributed by atoms with Gasteiger partial charge < -0.3 is 10.4 Å². The van der Waals surface area contributed by atoms with Crippen molar-refractivity contribution in [2.24, 2.45) is 0 Å². The molecule has 140 valence electrons. The maximum Gasteiger partial charge on any atom is 0.245 e. The van der Waals surface area contributed by atoms with Crippen LogP contribution in [0.25, 0.3) is 0 Å². The van der Waals surface area contributed by atoms with Crippen molar-refractivity contribution < 1.29 is 22.7 Å². The molecule has 0 heterocycles. The second-order valence-electron chi connectivity index (χ2n) is 5.77. The van der Waals surface area contributed by atoms with Crippen LogP contribution in [-0.4, -0.2) is 31.6 Å². The van der Waals surface area contributed by atoms with Crippen LogP contribution >= 0.6 is 11.6 Å². The smallest absolute Gasteiger partial charge is 0.245 e. The predicted octanol–water partition coefficient (Wildman–Crippen LogP) is 2.45. The summed E-state index contributed by atoms with van der Waals surface area (Å²) in [7, 11) is -4.03. The van der Waals surface area contributed by atoms with Gasteiger partial charge in [0.1, 0.15) is 11.9 Å². The lowest BCUT2D eigenvalue weighted by Crippen LogP contribution is -2.50. The van der Waals surface area contributed by atoms with Crippen LogP contribution in [0.4, 0.5) is 10.1 Å². The fourth-order valence-corrected chi connectivity index (χ4v) is 3.57. The highest BCUT2D eigenvalue weighted by Crippen LogP contribution is 2.20. The zero-order valence-corrected chi connectivity index (χ0v) is 15.6. The number of halogens is 2. The molecule has 0 radical (unpaired) electrons. The van der Waals surface area contributed by atoms with Gasteiger partial charge in [0.25, 0.3) is 0 Å². The van der Waals surface area contributed by atoms with Gasteiger partial charge in [-0.25, -0.2) is 12.8 Å². The van der Waals surface area contributed by atoms with Crippen molar-refractivity contribution in [2.45, 2.75) is 30.9 Å². The number of carbonyl (C=O) groups excluding carboxylic acids is 1. The number of sulfonamides is 1. The molecular weight excluding hydrogens is 383 g/mol. The first-order valence-electron chi connectivity index (χ1n) is 7.63. The highest BCUT2D eigenvalue weighted by molar-refractivity contribution is 7.89. The largest absolute Gasteiger partial charge is 0.391 e. The summed E-state index contributed by atoms with van der Waals surface area (Å²) in [6.45, 7) is 3.09. The number of anilines is 1. The summed E-state index contributed by atoms with van der Waals surface area (Å²) in [4.78, 5) is 12.3. The van der Waals surface area contributed by atoms with Gasteiger partial charge in [0.05, 0.1) is 16.0 Å². The van der Waals surface area contributed by atoms with Crippen molar-refractivity contribution in [3.63, 3.8) is 0 Å². The van der Waals surface area contributed by atoms with Crippen LogP contribution in [0.15, 0.2) is 47.4 Å². The van der Waals surface area contributed by atoms with Crippen LogP contribution in [0.3, 0.4) is 0 Å². The van der Waals surface area contributed by atoms with E-state index in [0.29, 0.717) is 0 Å². The Morgan fingerprint density at radius 1 is 1.19 bits per heavy atom. The highest BCUT2D eigenvalue weighted by atomic mass is 35.5. The number of benzene rings is 2. The van der Waals surface area contributed by atoms with Gasteiger partial charge in [0.2, 0.25) is 15.9 Å². The van der Waals surface area contributed by atoms with Gasteiger partial charge in [-0.3, -0.25) is 4.79 Å². The van der Waals surface area contributed by atoms with Crippen LogP contribution in [0.1, 0.15) is 12.5 Å². The first kappa shape index (κ1) is 20.3. The van der Waals surface area contributed by atoms with E-state index in [2.05, 4.69) is 10.0 Å². The molecule has 0 spiro atoms. The summed E-state index contributed by atoms with van der Waals surface area (Å²) in [5, 5.41) is 12.0. The Kier molecular flexibility index (Phi) is 6.35. The molecule has 0 saturated carbocycles. The number of aliphatic hydroxyl groups excluding tert-OH is 1. The summed E-state index contributed by atoms with van der Waals surface area (Å²) in [5.41, 5.74) is 1.04. The number of amides is 1. The number of aliphatic hydroxyl groups is 1. The SMILES string of the molecule is Cc1ccc(S(=O)(=O)NC(C(=O)Nc2ccc(F)c(Cl)c2)C(C)O)cc1. The first-order valence-corrected chi connectivity index (χ1v) is 9.49. The number of nitrogens with one attached hydrogen (secondary N) is 2. The molecule has 0 aromatic heterocycles. The van der Waals surface area contributed by atoms with Gasteiger partial charge >= 0.3 is 0 Å². The molecule has 9 heteroatoms. The summed E-state index contributed by atoms with van der Waals surface area (Å²) in [6.07, 6.45) is -1.31. The number of hydrogen-bond acceptors (Lipinski definition) is 4. The second-order valence-corrected chi connectivity index (χ2v) is 7.89. The zero-order chi connectivity index (χ0) is 19.5. The average Bonchev–Trinajstić information content (AvgIpc) is 2.56. The van der Waals surface area contributed by atoms with Gasteiger partial charge in [-0.15, -0.1) is 0 Å². The standard InChI is InChI=1S/C17H18ClFN2O4S/c1-10-3-6-13(7-4-10)26(24,25)21-16(11(2)22)17(23)20-12-5-8-15(19)14(18)9-12/h3-9,11,16,21-22H,1-2H3,(H,20,23). The average molecular weight is 401 g/mol. The maximum absolute atomic E-state index is 13.2. The molecule has 2 rings (SSSR count). The molecule has 6 nitrogen and oxygen atoms in total. The van der Waals surface area contributed by atoms with Crippen molar-refractivity contribution in [1.29, 1.82) is 0 Å². The predicted molar refractivity (Wildman–Crippen MR) is 97.0 cm³/mol. The molecule has 0 aliphatic rings. The van der Waals surface area contributed by atoms with E-state index in [0.717, 1.165) is 11.6 Å². The minimum atomic E-state index is -4.03. The summed E-state index contributed by atoms with van der Waals surface area (Å²) in [6, 6.07) is 8.09. The third-order valence-corrected chi connectivity index (χ3v) is 5.31. The van der Waals surface area contributed by atoms with Crippen molar-refractivity contribution >= 4 is 33.2 Å². The second kappa shape index (κ2) is 8.13. The van der Waals surface area contributed by atoms with Gasteiger partial charge in [-0.05, 0) is 44.2 Å².